The smallest absolute Gasteiger partial charge is 0.248 e. The Kier molecular flexibility index (Phi) is 7.07. The fraction of sp³-hybridized carbons (Fsp3) is 0.222. The quantitative estimate of drug-likeness (QED) is 0.439. The summed E-state index contributed by atoms with van der Waals surface area (Å²) in [7, 11) is 0. The predicted molar refractivity (Wildman–Crippen MR) is 111 cm³/mol. The lowest BCUT2D eigenvalue weighted by molar-refractivity contribution is -0.127. The Morgan fingerprint density at radius 1 is 1.14 bits per heavy atom. The molecule has 0 aliphatic rings. The van der Waals surface area contributed by atoms with E-state index in [1.165, 1.54) is 11.8 Å². The molecule has 0 saturated heterocycles. The molecule has 2 aromatic heterocycles. The Morgan fingerprint density at radius 3 is 2.57 bits per heavy atom. The zero-order chi connectivity index (χ0) is 19.9. The molecule has 2 N–H and O–H groups in total. The molecule has 0 aliphatic heterocycles. The maximum atomic E-state index is 12.0. The summed E-state index contributed by atoms with van der Waals surface area (Å²) >= 11 is 8.68. The van der Waals surface area contributed by atoms with Crippen molar-refractivity contribution < 1.29 is 9.59 Å². The van der Waals surface area contributed by atoms with Gasteiger partial charge in [-0.3, -0.25) is 20.4 Å². The molecule has 0 fully saturated rings. The van der Waals surface area contributed by atoms with Crippen molar-refractivity contribution in [3.05, 3.63) is 52.4 Å². The van der Waals surface area contributed by atoms with Crippen LogP contribution in [0.25, 0.3) is 10.7 Å². The molecule has 28 heavy (non-hydrogen) atoms. The Morgan fingerprint density at radius 2 is 1.89 bits per heavy atom. The van der Waals surface area contributed by atoms with E-state index in [1.807, 2.05) is 29.0 Å². The topological polar surface area (TPSA) is 88.9 Å². The second kappa shape index (κ2) is 9.72. The molecule has 0 saturated carbocycles. The molecule has 1 aromatic carbocycles. The number of rotatable bonds is 7. The lowest BCUT2D eigenvalue weighted by Gasteiger charge is -2.08. The Labute approximate surface area is 175 Å². The van der Waals surface area contributed by atoms with Gasteiger partial charge in [-0.05, 0) is 36.1 Å². The summed E-state index contributed by atoms with van der Waals surface area (Å²) in [6.45, 7) is 2.70. The highest BCUT2D eigenvalue weighted by Gasteiger charge is 2.15. The molecule has 0 aliphatic carbocycles. The van der Waals surface area contributed by atoms with Crippen molar-refractivity contribution in [2.75, 3.05) is 5.75 Å². The number of hydrogen-bond acceptors (Lipinski definition) is 6. The van der Waals surface area contributed by atoms with Gasteiger partial charge in [0.25, 0.3) is 0 Å². The van der Waals surface area contributed by atoms with E-state index in [4.69, 9.17) is 11.6 Å². The first kappa shape index (κ1) is 20.4. The third-order valence-electron chi connectivity index (χ3n) is 3.73. The number of hydrazine groups is 1. The zero-order valence-electron chi connectivity index (χ0n) is 15.0. The molecule has 10 heteroatoms. The number of nitrogens with one attached hydrogen (secondary N) is 2. The van der Waals surface area contributed by atoms with Crippen LogP contribution in [0.1, 0.15) is 12.5 Å². The molecule has 0 atom stereocenters. The van der Waals surface area contributed by atoms with Gasteiger partial charge in [-0.25, -0.2) is 0 Å². The number of nitrogens with zero attached hydrogens (tertiary/aromatic N) is 3. The molecule has 7 nitrogen and oxygen atoms in total. The van der Waals surface area contributed by atoms with Crippen LogP contribution in [0, 0.1) is 0 Å². The normalized spacial score (nSPS) is 10.6. The van der Waals surface area contributed by atoms with Gasteiger partial charge in [-0.2, -0.15) is 0 Å². The predicted octanol–water partition coefficient (Wildman–Crippen LogP) is 3.16. The first-order chi connectivity index (χ1) is 13.6. The van der Waals surface area contributed by atoms with E-state index in [-0.39, 0.29) is 24.0 Å². The van der Waals surface area contributed by atoms with Crippen LogP contribution in [0.3, 0.4) is 0 Å². The zero-order valence-corrected chi connectivity index (χ0v) is 17.4. The van der Waals surface area contributed by atoms with E-state index >= 15 is 0 Å². The first-order valence-corrected chi connectivity index (χ1v) is 10.7. The number of amides is 2. The Hall–Kier alpha value is -2.36. The van der Waals surface area contributed by atoms with E-state index in [0.29, 0.717) is 16.7 Å². The largest absolute Gasteiger partial charge is 0.302 e. The number of carbonyl (C=O) groups excluding carboxylic acids is 2. The lowest BCUT2D eigenvalue weighted by atomic mass is 10.1. The Bertz CT molecular complexity index is 942. The molecule has 146 valence electrons. The third kappa shape index (κ3) is 5.34. The van der Waals surface area contributed by atoms with Gasteiger partial charge in [-0.15, -0.1) is 21.5 Å². The van der Waals surface area contributed by atoms with E-state index < -0.39 is 0 Å². The first-order valence-electron chi connectivity index (χ1n) is 8.48. The summed E-state index contributed by atoms with van der Waals surface area (Å²) in [5, 5.41) is 11.7. The van der Waals surface area contributed by atoms with Gasteiger partial charge in [0.2, 0.25) is 11.8 Å². The number of carbonyl (C=O) groups is 2. The number of aromatic nitrogens is 3. The summed E-state index contributed by atoms with van der Waals surface area (Å²) in [6.07, 6.45) is 0.152. The summed E-state index contributed by atoms with van der Waals surface area (Å²) in [4.78, 5) is 25.0. The van der Waals surface area contributed by atoms with Gasteiger partial charge >= 0.3 is 0 Å². The molecule has 2 heterocycles. The van der Waals surface area contributed by atoms with E-state index in [1.54, 1.807) is 35.6 Å². The average Bonchev–Trinajstić information content (AvgIpc) is 3.35. The van der Waals surface area contributed by atoms with Crippen molar-refractivity contribution in [2.45, 2.75) is 25.0 Å². The highest BCUT2D eigenvalue weighted by Crippen LogP contribution is 2.26. The van der Waals surface area contributed by atoms with Crippen LogP contribution in [0.15, 0.2) is 46.9 Å². The van der Waals surface area contributed by atoms with Crippen molar-refractivity contribution in [3.63, 3.8) is 0 Å². The van der Waals surface area contributed by atoms with Gasteiger partial charge in [-0.1, -0.05) is 41.6 Å². The van der Waals surface area contributed by atoms with Gasteiger partial charge in [0, 0.05) is 11.6 Å². The second-order valence-electron chi connectivity index (χ2n) is 5.72. The van der Waals surface area contributed by atoms with E-state index in [0.717, 1.165) is 16.3 Å². The van der Waals surface area contributed by atoms with E-state index in [9.17, 15) is 9.59 Å². The Balaban J connectivity index is 1.48. The monoisotopic (exact) mass is 435 g/mol. The summed E-state index contributed by atoms with van der Waals surface area (Å²) < 4.78 is 1.96. The molecule has 0 bridgehead atoms. The molecule has 2 amide bonds. The molecular weight excluding hydrogens is 418 g/mol. The van der Waals surface area contributed by atoms with Crippen LogP contribution in [0.5, 0.6) is 0 Å². The minimum Gasteiger partial charge on any atom is -0.302 e. The fourth-order valence-corrected chi connectivity index (χ4v) is 4.05. The van der Waals surface area contributed by atoms with E-state index in [2.05, 4.69) is 21.0 Å². The minimum absolute atomic E-state index is 0.115. The number of thioether (sulfide) groups is 1. The molecule has 3 rings (SSSR count). The van der Waals surface area contributed by atoms with Gasteiger partial charge < -0.3 is 4.57 Å². The second-order valence-corrected chi connectivity index (χ2v) is 8.04. The maximum absolute atomic E-state index is 12.0. The highest BCUT2D eigenvalue weighted by atomic mass is 35.5. The van der Waals surface area contributed by atoms with Gasteiger partial charge in [0.1, 0.15) is 0 Å². The van der Waals surface area contributed by atoms with Crippen LogP contribution in [-0.2, 0) is 22.6 Å². The van der Waals surface area contributed by atoms with Crippen molar-refractivity contribution in [2.24, 2.45) is 0 Å². The van der Waals surface area contributed by atoms with Gasteiger partial charge in [0.15, 0.2) is 11.0 Å². The van der Waals surface area contributed by atoms with Crippen molar-refractivity contribution in [3.8, 4) is 10.7 Å². The van der Waals surface area contributed by atoms with Crippen LogP contribution < -0.4 is 10.9 Å². The maximum Gasteiger partial charge on any atom is 0.248 e. The molecule has 3 aromatic rings. The highest BCUT2D eigenvalue weighted by molar-refractivity contribution is 7.99. The summed E-state index contributed by atoms with van der Waals surface area (Å²) in [5.74, 6) is 0.274. The molecular formula is C18H18ClN5O2S2. The van der Waals surface area contributed by atoms with Crippen molar-refractivity contribution >= 4 is 46.5 Å². The standard InChI is InChI=1S/C18H18ClN5O2S2/c1-2-24-17(14-4-3-9-27-14)22-23-18(24)28-11-16(26)21-20-15(25)10-12-5-7-13(19)8-6-12/h3-9H,2,10-11H2,1H3,(H,20,25)(H,21,26). The number of halogens is 1. The van der Waals surface area contributed by atoms with Gasteiger partial charge in [0.05, 0.1) is 17.1 Å². The van der Waals surface area contributed by atoms with Crippen LogP contribution >= 0.6 is 34.7 Å². The minimum atomic E-state index is -0.321. The molecule has 0 radical (unpaired) electrons. The molecule has 0 spiro atoms. The summed E-state index contributed by atoms with van der Waals surface area (Å²) in [6, 6.07) is 10.9. The third-order valence-corrected chi connectivity index (χ3v) is 5.81. The number of hydrogen-bond donors (Lipinski definition) is 2. The summed E-state index contributed by atoms with van der Waals surface area (Å²) in [5.41, 5.74) is 5.64. The number of thiophene rings is 1. The molecule has 0 unspecified atom stereocenters. The van der Waals surface area contributed by atoms with Crippen LogP contribution in [-0.4, -0.2) is 32.3 Å². The van der Waals surface area contributed by atoms with Crippen LogP contribution in [0.4, 0.5) is 0 Å². The average molecular weight is 436 g/mol. The van der Waals surface area contributed by atoms with Crippen LogP contribution in [0.2, 0.25) is 5.02 Å². The van der Waals surface area contributed by atoms with Crippen molar-refractivity contribution in [1.82, 2.24) is 25.6 Å². The fourth-order valence-electron chi connectivity index (χ4n) is 2.41. The SMILES string of the molecule is CCn1c(SCC(=O)NNC(=O)Cc2ccc(Cl)cc2)nnc1-c1cccs1. The van der Waals surface area contributed by atoms with Crippen molar-refractivity contribution in [1.29, 1.82) is 0 Å². The number of benzene rings is 1. The lowest BCUT2D eigenvalue weighted by Crippen LogP contribution is -2.43.